The summed E-state index contributed by atoms with van der Waals surface area (Å²) in [5.41, 5.74) is 1.54. The maximum atomic E-state index is 12.2. The molecule has 1 saturated heterocycles. The van der Waals surface area contributed by atoms with Crippen LogP contribution in [0.1, 0.15) is 35.7 Å². The fourth-order valence-electron chi connectivity index (χ4n) is 2.07. The van der Waals surface area contributed by atoms with Crippen LogP contribution in [-0.4, -0.2) is 28.9 Å². The second-order valence-corrected chi connectivity index (χ2v) is 4.96. The molecular formula is C13H17ClN2O. The molecule has 0 saturated carbocycles. The molecule has 17 heavy (non-hydrogen) atoms. The number of hydrogen-bond donors (Lipinski definition) is 0. The Morgan fingerprint density at radius 3 is 2.82 bits per heavy atom. The highest BCUT2D eigenvalue weighted by molar-refractivity contribution is 6.17. The van der Waals surface area contributed by atoms with E-state index >= 15 is 0 Å². The zero-order chi connectivity index (χ0) is 12.3. The third kappa shape index (κ3) is 2.97. The first kappa shape index (κ1) is 12.4. The summed E-state index contributed by atoms with van der Waals surface area (Å²) in [5.74, 6) is 1.20. The Hall–Kier alpha value is -1.09. The molecule has 1 aliphatic rings. The molecule has 4 heteroatoms. The number of aromatic nitrogens is 1. The first-order valence-electron chi connectivity index (χ1n) is 6.00. The normalized spacial score (nSPS) is 17.2. The highest BCUT2D eigenvalue weighted by Gasteiger charge is 2.21. The summed E-state index contributed by atoms with van der Waals surface area (Å²) in [6, 6.07) is 1.83. The maximum absolute atomic E-state index is 12.2. The quantitative estimate of drug-likeness (QED) is 0.759. The van der Waals surface area contributed by atoms with Gasteiger partial charge in [0.1, 0.15) is 0 Å². The molecular weight excluding hydrogens is 236 g/mol. The molecule has 0 unspecified atom stereocenters. The van der Waals surface area contributed by atoms with Gasteiger partial charge in [-0.25, -0.2) is 0 Å². The molecule has 1 aromatic heterocycles. The van der Waals surface area contributed by atoms with Gasteiger partial charge in [-0.1, -0.05) is 6.92 Å². The molecule has 0 atom stereocenters. The van der Waals surface area contributed by atoms with Gasteiger partial charge >= 0.3 is 0 Å². The summed E-state index contributed by atoms with van der Waals surface area (Å²) in [6.07, 6.45) is 5.50. The second kappa shape index (κ2) is 5.50. The summed E-state index contributed by atoms with van der Waals surface area (Å²) in [5, 5.41) is 0. The lowest BCUT2D eigenvalue weighted by Crippen LogP contribution is -2.37. The van der Waals surface area contributed by atoms with Crippen LogP contribution in [0.4, 0.5) is 0 Å². The molecule has 0 radical (unpaired) electrons. The first-order valence-corrected chi connectivity index (χ1v) is 6.53. The predicted octanol–water partition coefficient (Wildman–Crippen LogP) is 2.69. The summed E-state index contributed by atoms with van der Waals surface area (Å²) in [6.45, 7) is 3.94. The van der Waals surface area contributed by atoms with Crippen LogP contribution in [0.15, 0.2) is 18.5 Å². The van der Waals surface area contributed by atoms with E-state index < -0.39 is 0 Å². The van der Waals surface area contributed by atoms with E-state index in [1.807, 2.05) is 11.0 Å². The fraction of sp³-hybridized carbons (Fsp3) is 0.538. The Balaban J connectivity index is 2.08. The predicted molar refractivity (Wildman–Crippen MR) is 68.1 cm³/mol. The number of alkyl halides is 1. The zero-order valence-electron chi connectivity index (χ0n) is 10.0. The lowest BCUT2D eigenvalue weighted by molar-refractivity contribution is 0.0696. The van der Waals surface area contributed by atoms with Gasteiger partial charge in [0.25, 0.3) is 5.91 Å². The van der Waals surface area contributed by atoms with Gasteiger partial charge in [-0.05, 0) is 30.4 Å². The number of carbonyl (C=O) groups is 1. The average molecular weight is 253 g/mol. The van der Waals surface area contributed by atoms with Gasteiger partial charge in [0.15, 0.2) is 0 Å². The minimum Gasteiger partial charge on any atom is -0.339 e. The van der Waals surface area contributed by atoms with E-state index in [4.69, 9.17) is 11.6 Å². The van der Waals surface area contributed by atoms with Crippen molar-refractivity contribution in [1.29, 1.82) is 0 Å². The Labute approximate surface area is 107 Å². The van der Waals surface area contributed by atoms with Crippen LogP contribution in [0.2, 0.25) is 0 Å². The molecule has 0 N–H and O–H groups in total. The van der Waals surface area contributed by atoms with Crippen LogP contribution in [-0.2, 0) is 5.88 Å². The van der Waals surface area contributed by atoms with E-state index in [-0.39, 0.29) is 5.91 Å². The maximum Gasteiger partial charge on any atom is 0.255 e. The van der Waals surface area contributed by atoms with Crippen molar-refractivity contribution in [1.82, 2.24) is 9.88 Å². The van der Waals surface area contributed by atoms with Crippen LogP contribution in [0.3, 0.4) is 0 Å². The molecule has 1 fully saturated rings. The van der Waals surface area contributed by atoms with Gasteiger partial charge in [0, 0.05) is 31.4 Å². The number of pyridine rings is 1. The van der Waals surface area contributed by atoms with E-state index in [1.165, 1.54) is 0 Å². The molecule has 0 aromatic carbocycles. The average Bonchev–Trinajstić information content (AvgIpc) is 2.39. The van der Waals surface area contributed by atoms with Crippen molar-refractivity contribution < 1.29 is 4.79 Å². The van der Waals surface area contributed by atoms with Crippen LogP contribution in [0, 0.1) is 5.92 Å². The molecule has 2 rings (SSSR count). The number of piperidine rings is 1. The minimum atomic E-state index is 0.0800. The van der Waals surface area contributed by atoms with Crippen molar-refractivity contribution in [2.75, 3.05) is 13.1 Å². The molecule has 3 nitrogen and oxygen atoms in total. The third-order valence-electron chi connectivity index (χ3n) is 3.27. The van der Waals surface area contributed by atoms with Crippen LogP contribution >= 0.6 is 11.6 Å². The van der Waals surface area contributed by atoms with Crippen molar-refractivity contribution in [2.24, 2.45) is 5.92 Å². The molecule has 0 spiro atoms. The van der Waals surface area contributed by atoms with E-state index in [2.05, 4.69) is 11.9 Å². The highest BCUT2D eigenvalue weighted by Crippen LogP contribution is 2.18. The van der Waals surface area contributed by atoms with E-state index in [1.54, 1.807) is 12.4 Å². The number of rotatable bonds is 2. The van der Waals surface area contributed by atoms with Gasteiger partial charge in [-0.3, -0.25) is 9.78 Å². The lowest BCUT2D eigenvalue weighted by Gasteiger charge is -2.30. The standard InChI is InChI=1S/C13H17ClN2O/c1-10-2-4-16(5-3-10)13(17)12-6-11(7-14)8-15-9-12/h6,8-10H,2-5,7H2,1H3. The number of carbonyl (C=O) groups excluding carboxylic acids is 1. The molecule has 1 amide bonds. The summed E-state index contributed by atoms with van der Waals surface area (Å²) in [4.78, 5) is 18.2. The fourth-order valence-corrected chi connectivity index (χ4v) is 2.22. The topological polar surface area (TPSA) is 33.2 Å². The van der Waals surface area contributed by atoms with Gasteiger partial charge in [0.2, 0.25) is 0 Å². The van der Waals surface area contributed by atoms with E-state index in [9.17, 15) is 4.79 Å². The number of likely N-dealkylation sites (tertiary alicyclic amines) is 1. The summed E-state index contributed by atoms with van der Waals surface area (Å²) >= 11 is 5.74. The van der Waals surface area contributed by atoms with Gasteiger partial charge in [-0.2, -0.15) is 0 Å². The second-order valence-electron chi connectivity index (χ2n) is 4.69. The van der Waals surface area contributed by atoms with Crippen LogP contribution in [0.25, 0.3) is 0 Å². The smallest absolute Gasteiger partial charge is 0.255 e. The van der Waals surface area contributed by atoms with Crippen LogP contribution in [0.5, 0.6) is 0 Å². The van der Waals surface area contributed by atoms with Crippen molar-refractivity contribution in [3.8, 4) is 0 Å². The van der Waals surface area contributed by atoms with Gasteiger partial charge in [0.05, 0.1) is 5.56 Å². The van der Waals surface area contributed by atoms with Gasteiger partial charge in [-0.15, -0.1) is 11.6 Å². The third-order valence-corrected chi connectivity index (χ3v) is 3.58. The van der Waals surface area contributed by atoms with E-state index in [0.717, 1.165) is 37.4 Å². The molecule has 0 aliphatic carbocycles. The Morgan fingerprint density at radius 1 is 1.47 bits per heavy atom. The minimum absolute atomic E-state index is 0.0800. The first-order chi connectivity index (χ1) is 8.20. The zero-order valence-corrected chi connectivity index (χ0v) is 10.8. The SMILES string of the molecule is CC1CCN(C(=O)c2cncc(CCl)c2)CC1. The monoisotopic (exact) mass is 252 g/mol. The van der Waals surface area contributed by atoms with Crippen molar-refractivity contribution in [3.05, 3.63) is 29.6 Å². The number of halogens is 1. The van der Waals surface area contributed by atoms with Gasteiger partial charge < -0.3 is 4.90 Å². The molecule has 2 heterocycles. The Morgan fingerprint density at radius 2 is 2.18 bits per heavy atom. The van der Waals surface area contributed by atoms with E-state index in [0.29, 0.717) is 11.4 Å². The highest BCUT2D eigenvalue weighted by atomic mass is 35.5. The van der Waals surface area contributed by atoms with Crippen molar-refractivity contribution in [3.63, 3.8) is 0 Å². The number of hydrogen-bond acceptors (Lipinski definition) is 2. The largest absolute Gasteiger partial charge is 0.339 e. The lowest BCUT2D eigenvalue weighted by atomic mass is 9.99. The Bertz CT molecular complexity index is 400. The van der Waals surface area contributed by atoms with Crippen molar-refractivity contribution in [2.45, 2.75) is 25.6 Å². The Kier molecular flexibility index (Phi) is 4.00. The molecule has 1 aliphatic heterocycles. The number of nitrogens with zero attached hydrogens (tertiary/aromatic N) is 2. The molecule has 0 bridgehead atoms. The number of amides is 1. The summed E-state index contributed by atoms with van der Waals surface area (Å²) < 4.78 is 0. The molecule has 1 aromatic rings. The molecule has 92 valence electrons. The van der Waals surface area contributed by atoms with Crippen molar-refractivity contribution >= 4 is 17.5 Å². The van der Waals surface area contributed by atoms with Crippen LogP contribution < -0.4 is 0 Å². The summed E-state index contributed by atoms with van der Waals surface area (Å²) in [7, 11) is 0.